The van der Waals surface area contributed by atoms with Gasteiger partial charge >= 0.3 is 0 Å². The van der Waals surface area contributed by atoms with E-state index in [-0.39, 0.29) is 6.04 Å². The predicted octanol–water partition coefficient (Wildman–Crippen LogP) is 2.47. The second-order valence-corrected chi connectivity index (χ2v) is 7.39. The molecule has 1 fully saturated rings. The van der Waals surface area contributed by atoms with Gasteiger partial charge in [-0.25, -0.2) is 9.97 Å². The molecule has 0 amide bonds. The van der Waals surface area contributed by atoms with Crippen LogP contribution in [0.25, 0.3) is 11.0 Å². The Bertz CT molecular complexity index is 932. The molecule has 1 aliphatic carbocycles. The minimum absolute atomic E-state index is 0.277. The Balaban J connectivity index is 1.46. The second-order valence-electron chi connectivity index (χ2n) is 6.95. The molecule has 136 valence electrons. The van der Waals surface area contributed by atoms with E-state index in [4.69, 9.17) is 23.1 Å². The molecule has 0 saturated heterocycles. The maximum atomic E-state index is 6.03. The maximum absolute atomic E-state index is 6.03. The number of fused-ring (bicyclic) bond motifs is 1. The number of hydrogen-bond acceptors (Lipinski definition) is 6. The molecule has 0 bridgehead atoms. The Labute approximate surface area is 156 Å². The zero-order valence-corrected chi connectivity index (χ0v) is 15.4. The third-order valence-corrected chi connectivity index (χ3v) is 5.15. The summed E-state index contributed by atoms with van der Waals surface area (Å²) in [5.74, 6) is 2.44. The van der Waals surface area contributed by atoms with Crippen molar-refractivity contribution in [2.45, 2.75) is 31.2 Å². The van der Waals surface area contributed by atoms with Gasteiger partial charge in [-0.3, -0.25) is 0 Å². The summed E-state index contributed by atoms with van der Waals surface area (Å²) in [6, 6.07) is 7.95. The average molecular weight is 372 g/mol. The Morgan fingerprint density at radius 2 is 2.04 bits per heavy atom. The molecular formula is C18H22ClN7. The van der Waals surface area contributed by atoms with Gasteiger partial charge in [-0.2, -0.15) is 4.98 Å². The largest absolute Gasteiger partial charge is 0.368 e. The molecule has 7 nitrogen and oxygen atoms in total. The predicted molar refractivity (Wildman–Crippen MR) is 104 cm³/mol. The summed E-state index contributed by atoms with van der Waals surface area (Å²) in [7, 11) is 2.00. The summed E-state index contributed by atoms with van der Waals surface area (Å²) >= 11 is 6.03. The SMILES string of the molecule is CN(CCc1nc2ccc(Cl)cc2[nH]1)c1cc(C2CC(N)C2)nc(N)n1. The number of rotatable bonds is 5. The molecule has 0 radical (unpaired) electrons. The fourth-order valence-corrected chi connectivity index (χ4v) is 3.49. The lowest BCUT2D eigenvalue weighted by atomic mass is 9.78. The van der Waals surface area contributed by atoms with Crippen LogP contribution in [0.5, 0.6) is 0 Å². The van der Waals surface area contributed by atoms with Crippen LogP contribution in [0.1, 0.15) is 30.3 Å². The number of nitrogens with one attached hydrogen (secondary N) is 1. The van der Waals surface area contributed by atoms with Gasteiger partial charge in [-0.05, 0) is 31.0 Å². The molecule has 1 saturated carbocycles. The highest BCUT2D eigenvalue weighted by Crippen LogP contribution is 2.35. The van der Waals surface area contributed by atoms with Gasteiger partial charge in [-0.15, -0.1) is 0 Å². The van der Waals surface area contributed by atoms with Crippen LogP contribution in [0.3, 0.4) is 0 Å². The quantitative estimate of drug-likeness (QED) is 0.635. The molecule has 4 rings (SSSR count). The van der Waals surface area contributed by atoms with Crippen LogP contribution in [0.2, 0.25) is 5.02 Å². The summed E-state index contributed by atoms with van der Waals surface area (Å²) in [6.45, 7) is 0.758. The molecule has 2 heterocycles. The molecule has 3 aromatic rings. The van der Waals surface area contributed by atoms with Crippen LogP contribution in [-0.4, -0.2) is 39.6 Å². The summed E-state index contributed by atoms with van der Waals surface area (Å²) in [4.78, 5) is 18.7. The number of hydrogen-bond donors (Lipinski definition) is 3. The highest BCUT2D eigenvalue weighted by Gasteiger charge is 2.29. The summed E-state index contributed by atoms with van der Waals surface area (Å²) in [5, 5.41) is 0.699. The van der Waals surface area contributed by atoms with Crippen molar-refractivity contribution >= 4 is 34.4 Å². The van der Waals surface area contributed by atoms with E-state index in [0.717, 1.165) is 54.2 Å². The van der Waals surface area contributed by atoms with Gasteiger partial charge in [0.25, 0.3) is 0 Å². The van der Waals surface area contributed by atoms with E-state index < -0.39 is 0 Å². The number of aromatic amines is 1. The van der Waals surface area contributed by atoms with Crippen LogP contribution in [0, 0.1) is 0 Å². The van der Waals surface area contributed by atoms with Crippen LogP contribution in [0.15, 0.2) is 24.3 Å². The minimum Gasteiger partial charge on any atom is -0.368 e. The van der Waals surface area contributed by atoms with Gasteiger partial charge < -0.3 is 21.4 Å². The van der Waals surface area contributed by atoms with Crippen LogP contribution in [0.4, 0.5) is 11.8 Å². The number of imidazole rings is 1. The fraction of sp³-hybridized carbons (Fsp3) is 0.389. The van der Waals surface area contributed by atoms with Crippen molar-refractivity contribution in [3.8, 4) is 0 Å². The fourth-order valence-electron chi connectivity index (χ4n) is 3.32. The van der Waals surface area contributed by atoms with Crippen molar-refractivity contribution in [1.29, 1.82) is 0 Å². The van der Waals surface area contributed by atoms with E-state index in [9.17, 15) is 0 Å². The van der Waals surface area contributed by atoms with Crippen molar-refractivity contribution in [3.63, 3.8) is 0 Å². The number of nitrogens with two attached hydrogens (primary N) is 2. The molecule has 0 atom stereocenters. The molecule has 2 aromatic heterocycles. The third-order valence-electron chi connectivity index (χ3n) is 4.91. The third kappa shape index (κ3) is 3.45. The van der Waals surface area contributed by atoms with Gasteiger partial charge in [0, 0.05) is 43.1 Å². The average Bonchev–Trinajstić information content (AvgIpc) is 2.98. The van der Waals surface area contributed by atoms with Crippen LogP contribution >= 0.6 is 11.6 Å². The first kappa shape index (κ1) is 17.1. The molecule has 8 heteroatoms. The summed E-state index contributed by atoms with van der Waals surface area (Å²) in [6.07, 6.45) is 2.68. The monoisotopic (exact) mass is 371 g/mol. The lowest BCUT2D eigenvalue weighted by molar-refractivity contribution is 0.345. The topological polar surface area (TPSA) is 110 Å². The molecule has 0 aliphatic heterocycles. The minimum atomic E-state index is 0.277. The van der Waals surface area contributed by atoms with Crippen molar-refractivity contribution in [1.82, 2.24) is 19.9 Å². The summed E-state index contributed by atoms with van der Waals surface area (Å²) < 4.78 is 0. The van der Waals surface area contributed by atoms with Crippen LogP contribution < -0.4 is 16.4 Å². The molecule has 0 spiro atoms. The number of anilines is 2. The van der Waals surface area contributed by atoms with E-state index in [2.05, 4.69) is 24.8 Å². The van der Waals surface area contributed by atoms with Gasteiger partial charge in [0.15, 0.2) is 0 Å². The smallest absolute Gasteiger partial charge is 0.222 e. The lowest BCUT2D eigenvalue weighted by Crippen LogP contribution is -2.35. The van der Waals surface area contributed by atoms with Gasteiger partial charge in [-0.1, -0.05) is 11.6 Å². The molecule has 1 aromatic carbocycles. The van der Waals surface area contributed by atoms with Gasteiger partial charge in [0.05, 0.1) is 16.7 Å². The molecule has 1 aliphatic rings. The van der Waals surface area contributed by atoms with Crippen molar-refractivity contribution in [2.24, 2.45) is 5.73 Å². The summed E-state index contributed by atoms with van der Waals surface area (Å²) in [5.41, 5.74) is 14.7. The molecular weight excluding hydrogens is 350 g/mol. The second kappa shape index (κ2) is 6.74. The first-order valence-corrected chi connectivity index (χ1v) is 9.11. The normalized spacial score (nSPS) is 19.5. The number of likely N-dealkylation sites (N-methyl/N-ethyl adjacent to an activating group) is 1. The van der Waals surface area contributed by atoms with Crippen molar-refractivity contribution in [2.75, 3.05) is 24.2 Å². The number of halogens is 1. The lowest BCUT2D eigenvalue weighted by Gasteiger charge is -2.32. The Hall–Kier alpha value is -2.38. The van der Waals surface area contributed by atoms with E-state index in [1.54, 1.807) is 0 Å². The first-order valence-electron chi connectivity index (χ1n) is 8.73. The zero-order valence-electron chi connectivity index (χ0n) is 14.6. The van der Waals surface area contributed by atoms with Crippen molar-refractivity contribution < 1.29 is 0 Å². The molecule has 26 heavy (non-hydrogen) atoms. The first-order chi connectivity index (χ1) is 12.5. The standard InChI is InChI=1S/C18H22ClN7/c1-26(5-4-16-22-13-3-2-11(19)8-15(13)23-16)17-9-14(24-18(21)25-17)10-6-12(20)7-10/h2-3,8-10,12H,4-7,20H2,1H3,(H,22,23)(H2,21,24,25). The van der Waals surface area contributed by atoms with Gasteiger partial charge in [0.2, 0.25) is 5.95 Å². The van der Waals surface area contributed by atoms with Crippen LogP contribution in [-0.2, 0) is 6.42 Å². The Kier molecular flexibility index (Phi) is 4.42. The number of nitrogen functional groups attached to an aromatic ring is 1. The number of H-pyrrole nitrogens is 1. The number of benzene rings is 1. The number of aromatic nitrogens is 4. The highest BCUT2D eigenvalue weighted by atomic mass is 35.5. The zero-order chi connectivity index (χ0) is 18.3. The number of nitrogens with zero attached hydrogens (tertiary/aromatic N) is 4. The molecule has 5 N–H and O–H groups in total. The molecule has 0 unspecified atom stereocenters. The highest BCUT2D eigenvalue weighted by molar-refractivity contribution is 6.31. The van der Waals surface area contributed by atoms with Gasteiger partial charge in [0.1, 0.15) is 11.6 Å². The van der Waals surface area contributed by atoms with E-state index in [1.807, 2.05) is 31.3 Å². The van der Waals surface area contributed by atoms with E-state index >= 15 is 0 Å². The van der Waals surface area contributed by atoms with E-state index in [1.165, 1.54) is 0 Å². The van der Waals surface area contributed by atoms with E-state index in [0.29, 0.717) is 16.9 Å². The van der Waals surface area contributed by atoms with Crippen molar-refractivity contribution in [3.05, 3.63) is 40.8 Å². The Morgan fingerprint density at radius 1 is 1.23 bits per heavy atom. The Morgan fingerprint density at radius 3 is 2.81 bits per heavy atom. The maximum Gasteiger partial charge on any atom is 0.222 e.